The van der Waals surface area contributed by atoms with Crippen LogP contribution in [0.15, 0.2) is 54.7 Å². The molecule has 2 aromatic carbocycles. The maximum Gasteiger partial charge on any atom is 0.259 e. The first kappa shape index (κ1) is 20.8. The number of amides is 1. The first-order chi connectivity index (χ1) is 14.5. The van der Waals surface area contributed by atoms with Crippen LogP contribution in [0.5, 0.6) is 5.75 Å². The molecule has 4 rings (SSSR count). The first-order valence-corrected chi connectivity index (χ1v) is 10.2. The molecular formula is C21H16Cl3N3O3. The van der Waals surface area contributed by atoms with Crippen molar-refractivity contribution in [2.24, 2.45) is 0 Å². The van der Waals surface area contributed by atoms with Crippen LogP contribution in [-0.4, -0.2) is 35.3 Å². The number of aliphatic hydroxyl groups excluding tert-OH is 1. The number of nitrogens with zero attached hydrogens (tertiary/aromatic N) is 2. The third-order valence-corrected chi connectivity index (χ3v) is 5.67. The minimum atomic E-state index is -0.404. The van der Waals surface area contributed by atoms with E-state index in [9.17, 15) is 9.90 Å². The summed E-state index contributed by atoms with van der Waals surface area (Å²) in [6, 6.07) is 13.0. The number of anilines is 3. The lowest BCUT2D eigenvalue weighted by Gasteiger charge is -2.37. The number of carbonyl (C=O) groups is 1. The van der Waals surface area contributed by atoms with Crippen LogP contribution in [0.4, 0.5) is 17.2 Å². The second kappa shape index (κ2) is 8.70. The Labute approximate surface area is 188 Å². The quantitative estimate of drug-likeness (QED) is 0.556. The number of aromatic nitrogens is 1. The molecular weight excluding hydrogens is 449 g/mol. The van der Waals surface area contributed by atoms with Gasteiger partial charge in [0.05, 0.1) is 39.0 Å². The zero-order chi connectivity index (χ0) is 21.3. The summed E-state index contributed by atoms with van der Waals surface area (Å²) in [4.78, 5) is 19.1. The molecule has 0 spiro atoms. The number of nitrogens with one attached hydrogen (secondary N) is 1. The van der Waals surface area contributed by atoms with E-state index < -0.39 is 6.04 Å². The molecule has 0 bridgehead atoms. The van der Waals surface area contributed by atoms with Gasteiger partial charge in [0.1, 0.15) is 6.61 Å². The fraction of sp³-hybridized carbons (Fsp3) is 0.143. The smallest absolute Gasteiger partial charge is 0.259 e. The lowest BCUT2D eigenvalue weighted by molar-refractivity contribution is 0.102. The highest BCUT2D eigenvalue weighted by atomic mass is 35.5. The maximum absolute atomic E-state index is 13.0. The Morgan fingerprint density at radius 2 is 1.97 bits per heavy atom. The van der Waals surface area contributed by atoms with Crippen molar-refractivity contribution in [1.82, 2.24) is 4.98 Å². The molecule has 0 aliphatic carbocycles. The monoisotopic (exact) mass is 463 g/mol. The molecule has 1 aliphatic heterocycles. The zero-order valence-electron chi connectivity index (χ0n) is 15.5. The van der Waals surface area contributed by atoms with Crippen molar-refractivity contribution in [2.45, 2.75) is 6.04 Å². The van der Waals surface area contributed by atoms with Crippen LogP contribution in [-0.2, 0) is 0 Å². The van der Waals surface area contributed by atoms with E-state index in [0.717, 1.165) is 0 Å². The van der Waals surface area contributed by atoms with Gasteiger partial charge in [-0.25, -0.2) is 4.98 Å². The number of halogens is 3. The Bertz CT molecular complexity index is 1110. The summed E-state index contributed by atoms with van der Waals surface area (Å²) in [5, 5.41) is 13.8. The van der Waals surface area contributed by atoms with Crippen molar-refractivity contribution in [3.63, 3.8) is 0 Å². The van der Waals surface area contributed by atoms with Crippen LogP contribution < -0.4 is 15.0 Å². The molecule has 2 N–H and O–H groups in total. The molecule has 3 aromatic rings. The largest absolute Gasteiger partial charge is 0.488 e. The summed E-state index contributed by atoms with van der Waals surface area (Å²) in [5.41, 5.74) is 1.41. The molecule has 0 unspecified atom stereocenters. The highest BCUT2D eigenvalue weighted by Gasteiger charge is 2.33. The number of aliphatic hydroxyl groups is 1. The number of fused-ring (bicyclic) bond motifs is 1. The van der Waals surface area contributed by atoms with Gasteiger partial charge in [0.25, 0.3) is 5.91 Å². The highest BCUT2D eigenvalue weighted by Crippen LogP contribution is 2.42. The van der Waals surface area contributed by atoms with E-state index in [-0.39, 0.29) is 19.1 Å². The van der Waals surface area contributed by atoms with E-state index in [2.05, 4.69) is 10.3 Å². The number of pyridine rings is 1. The van der Waals surface area contributed by atoms with Crippen molar-refractivity contribution in [2.75, 3.05) is 23.4 Å². The van der Waals surface area contributed by atoms with Crippen molar-refractivity contribution >= 4 is 57.9 Å². The maximum atomic E-state index is 13.0. The second-order valence-electron chi connectivity index (χ2n) is 6.56. The molecule has 30 heavy (non-hydrogen) atoms. The average molecular weight is 465 g/mol. The minimum absolute atomic E-state index is 0.160. The molecule has 0 radical (unpaired) electrons. The molecule has 0 fully saturated rings. The van der Waals surface area contributed by atoms with Gasteiger partial charge in [0.15, 0.2) is 11.6 Å². The van der Waals surface area contributed by atoms with Gasteiger partial charge in [0, 0.05) is 11.9 Å². The lowest BCUT2D eigenvalue weighted by atomic mass is 10.1. The molecule has 1 aromatic heterocycles. The second-order valence-corrected chi connectivity index (χ2v) is 7.78. The fourth-order valence-electron chi connectivity index (χ4n) is 3.24. The zero-order valence-corrected chi connectivity index (χ0v) is 17.7. The summed E-state index contributed by atoms with van der Waals surface area (Å²) in [6.07, 6.45) is 1.62. The van der Waals surface area contributed by atoms with Crippen LogP contribution >= 0.6 is 34.8 Å². The molecule has 1 amide bonds. The third-order valence-electron chi connectivity index (χ3n) is 4.64. The lowest BCUT2D eigenvalue weighted by Crippen LogP contribution is -2.43. The molecule has 0 saturated carbocycles. The molecule has 1 aliphatic rings. The van der Waals surface area contributed by atoms with Gasteiger partial charge >= 0.3 is 0 Å². The molecule has 6 nitrogen and oxygen atoms in total. The Kier molecular flexibility index (Phi) is 6.01. The van der Waals surface area contributed by atoms with Gasteiger partial charge in [-0.2, -0.15) is 0 Å². The number of benzene rings is 2. The van der Waals surface area contributed by atoms with Gasteiger partial charge < -0.3 is 20.1 Å². The summed E-state index contributed by atoms with van der Waals surface area (Å²) in [6.45, 7) is -0.0144. The average Bonchev–Trinajstić information content (AvgIpc) is 2.75. The number of hydrogen-bond donors (Lipinski definition) is 2. The van der Waals surface area contributed by atoms with Gasteiger partial charge in [0.2, 0.25) is 0 Å². The van der Waals surface area contributed by atoms with E-state index in [1.54, 1.807) is 59.6 Å². The van der Waals surface area contributed by atoms with Crippen LogP contribution in [0.2, 0.25) is 15.1 Å². The molecule has 9 heteroatoms. The summed E-state index contributed by atoms with van der Waals surface area (Å²) in [5.74, 6) is 0.478. The topological polar surface area (TPSA) is 74.7 Å². The van der Waals surface area contributed by atoms with Gasteiger partial charge in [-0.15, -0.1) is 0 Å². The molecule has 0 saturated heterocycles. The number of hydrogen-bond acceptors (Lipinski definition) is 5. The number of rotatable bonds is 4. The first-order valence-electron chi connectivity index (χ1n) is 9.02. The molecule has 1 atom stereocenters. The van der Waals surface area contributed by atoms with Crippen molar-refractivity contribution in [1.29, 1.82) is 0 Å². The van der Waals surface area contributed by atoms with Gasteiger partial charge in [-0.1, -0.05) is 40.9 Å². The standard InChI is InChI=1S/C21H16Cl3N3O3/c22-15-7-6-12(9-17(15)24)26-21(29)14-3-1-5-18-19(14)30-11-13(10-28)27(18)20-16(23)4-2-8-25-20/h1-9,13,28H,10-11H2,(H,26,29)/t13-/m0/s1. The Morgan fingerprint density at radius 3 is 2.70 bits per heavy atom. The Hall–Kier alpha value is -2.51. The van der Waals surface area contributed by atoms with E-state index in [0.29, 0.717) is 43.6 Å². The Morgan fingerprint density at radius 1 is 1.13 bits per heavy atom. The van der Waals surface area contributed by atoms with E-state index >= 15 is 0 Å². The van der Waals surface area contributed by atoms with Crippen molar-refractivity contribution in [3.8, 4) is 5.75 Å². The van der Waals surface area contributed by atoms with Crippen LogP contribution in [0, 0.1) is 0 Å². The number of ether oxygens (including phenoxy) is 1. The minimum Gasteiger partial charge on any atom is -0.488 e. The highest BCUT2D eigenvalue weighted by molar-refractivity contribution is 6.42. The predicted octanol–water partition coefficient (Wildman–Crippen LogP) is 5.19. The summed E-state index contributed by atoms with van der Waals surface area (Å²) in [7, 11) is 0. The molecule has 2 heterocycles. The van der Waals surface area contributed by atoms with Crippen molar-refractivity contribution in [3.05, 3.63) is 75.4 Å². The normalized spacial score (nSPS) is 15.3. The Balaban J connectivity index is 1.73. The summed E-state index contributed by atoms with van der Waals surface area (Å²) < 4.78 is 5.87. The van der Waals surface area contributed by atoms with Gasteiger partial charge in [-0.05, 0) is 42.5 Å². The number of para-hydroxylation sites is 1. The third kappa shape index (κ3) is 3.91. The predicted molar refractivity (Wildman–Crippen MR) is 119 cm³/mol. The van der Waals surface area contributed by atoms with E-state index in [1.807, 2.05) is 0 Å². The van der Waals surface area contributed by atoms with Crippen LogP contribution in [0.25, 0.3) is 0 Å². The summed E-state index contributed by atoms with van der Waals surface area (Å²) >= 11 is 18.3. The van der Waals surface area contributed by atoms with Gasteiger partial charge in [-0.3, -0.25) is 4.79 Å². The van der Waals surface area contributed by atoms with Crippen molar-refractivity contribution < 1.29 is 14.6 Å². The fourth-order valence-corrected chi connectivity index (χ4v) is 3.75. The SMILES string of the molecule is O=C(Nc1ccc(Cl)c(Cl)c1)c1cccc2c1OC[C@H](CO)N2c1ncccc1Cl. The number of carbonyl (C=O) groups excluding carboxylic acids is 1. The molecule has 154 valence electrons. The van der Waals surface area contributed by atoms with E-state index in [1.165, 1.54) is 0 Å². The van der Waals surface area contributed by atoms with Crippen LogP contribution in [0.3, 0.4) is 0 Å². The van der Waals surface area contributed by atoms with Crippen LogP contribution in [0.1, 0.15) is 10.4 Å². The van der Waals surface area contributed by atoms with E-state index in [4.69, 9.17) is 39.5 Å².